The van der Waals surface area contributed by atoms with Crippen molar-refractivity contribution < 1.29 is 13.9 Å². The topological polar surface area (TPSA) is 54.5 Å². The molecule has 1 saturated heterocycles. The molecule has 1 N–H and O–H groups in total. The third kappa shape index (κ3) is 3.35. The van der Waals surface area contributed by atoms with Crippen molar-refractivity contribution in [3.8, 4) is 0 Å². The molecule has 1 aromatic heterocycles. The Morgan fingerprint density at radius 1 is 1.20 bits per heavy atom. The lowest BCUT2D eigenvalue weighted by Crippen LogP contribution is -2.37. The van der Waals surface area contributed by atoms with E-state index in [0.717, 1.165) is 18.9 Å². The molecule has 1 aliphatic heterocycles. The smallest absolute Gasteiger partial charge is 0.228 e. The number of nitrogens with one attached hydrogen (secondary N) is 1. The molecule has 2 heterocycles. The number of pyridine rings is 1. The first-order valence-corrected chi connectivity index (χ1v) is 8.57. The molecule has 5 nitrogen and oxygen atoms in total. The van der Waals surface area contributed by atoms with E-state index in [1.54, 1.807) is 24.4 Å². The van der Waals surface area contributed by atoms with Gasteiger partial charge in [-0.05, 0) is 36.1 Å². The van der Waals surface area contributed by atoms with Crippen LogP contribution in [0.2, 0.25) is 0 Å². The Balaban J connectivity index is 1.46. The molecule has 6 heteroatoms. The number of morpholine rings is 1. The van der Waals surface area contributed by atoms with Crippen LogP contribution in [0.3, 0.4) is 0 Å². The number of ether oxygens (including phenoxy) is 1. The fraction of sp³-hybridized carbons (Fsp3) is 0.368. The van der Waals surface area contributed by atoms with E-state index in [-0.39, 0.29) is 23.6 Å². The minimum atomic E-state index is -0.238. The lowest BCUT2D eigenvalue weighted by Gasteiger charge is -2.29. The second-order valence-electron chi connectivity index (χ2n) is 6.43. The quantitative estimate of drug-likeness (QED) is 0.929. The monoisotopic (exact) mass is 341 g/mol. The van der Waals surface area contributed by atoms with Crippen LogP contribution in [0.15, 0.2) is 42.6 Å². The zero-order valence-corrected chi connectivity index (χ0v) is 13.8. The van der Waals surface area contributed by atoms with E-state index < -0.39 is 0 Å². The van der Waals surface area contributed by atoms with Gasteiger partial charge in [0.15, 0.2) is 5.82 Å². The Morgan fingerprint density at radius 2 is 2.00 bits per heavy atom. The van der Waals surface area contributed by atoms with Gasteiger partial charge in [0, 0.05) is 25.2 Å². The lowest BCUT2D eigenvalue weighted by atomic mass is 10.1. The number of halogens is 1. The molecule has 1 aromatic carbocycles. The molecule has 0 radical (unpaired) electrons. The van der Waals surface area contributed by atoms with E-state index in [4.69, 9.17) is 4.74 Å². The van der Waals surface area contributed by atoms with Gasteiger partial charge in [0.05, 0.1) is 18.9 Å². The summed E-state index contributed by atoms with van der Waals surface area (Å²) < 4.78 is 19.3. The summed E-state index contributed by atoms with van der Waals surface area (Å²) in [4.78, 5) is 19.1. The predicted octanol–water partition coefficient (Wildman–Crippen LogP) is 2.80. The third-order valence-corrected chi connectivity index (χ3v) is 4.79. The summed E-state index contributed by atoms with van der Waals surface area (Å²) >= 11 is 0. The first-order valence-electron chi connectivity index (χ1n) is 8.57. The van der Waals surface area contributed by atoms with Crippen LogP contribution < -0.4 is 10.2 Å². The summed E-state index contributed by atoms with van der Waals surface area (Å²) in [6.07, 6.45) is 2.40. The molecule has 0 bridgehead atoms. The highest BCUT2D eigenvalue weighted by molar-refractivity contribution is 5.97. The van der Waals surface area contributed by atoms with Gasteiger partial charge in [-0.25, -0.2) is 9.37 Å². The molecule has 2 fully saturated rings. The molecule has 2 aliphatic rings. The highest BCUT2D eigenvalue weighted by Gasteiger charge is 2.45. The zero-order chi connectivity index (χ0) is 17.2. The Morgan fingerprint density at radius 3 is 2.80 bits per heavy atom. The average molecular weight is 341 g/mol. The molecule has 1 saturated carbocycles. The van der Waals surface area contributed by atoms with Gasteiger partial charge in [-0.2, -0.15) is 0 Å². The van der Waals surface area contributed by atoms with Crippen molar-refractivity contribution >= 4 is 17.4 Å². The van der Waals surface area contributed by atoms with Gasteiger partial charge >= 0.3 is 0 Å². The Labute approximate surface area is 145 Å². The van der Waals surface area contributed by atoms with Crippen LogP contribution in [-0.2, 0) is 9.53 Å². The summed E-state index contributed by atoms with van der Waals surface area (Å²) in [5.41, 5.74) is 1.33. The molecule has 2 aromatic rings. The number of carbonyl (C=O) groups excluding carboxylic acids is 1. The zero-order valence-electron chi connectivity index (χ0n) is 13.8. The van der Waals surface area contributed by atoms with E-state index in [9.17, 15) is 9.18 Å². The number of carbonyl (C=O) groups is 1. The van der Waals surface area contributed by atoms with Crippen molar-refractivity contribution in [2.75, 3.05) is 36.5 Å². The van der Waals surface area contributed by atoms with Crippen LogP contribution >= 0.6 is 0 Å². The Kier molecular flexibility index (Phi) is 4.36. The fourth-order valence-corrected chi connectivity index (χ4v) is 3.35. The van der Waals surface area contributed by atoms with Gasteiger partial charge in [-0.1, -0.05) is 18.2 Å². The van der Waals surface area contributed by atoms with Crippen LogP contribution in [0, 0.1) is 11.7 Å². The third-order valence-electron chi connectivity index (χ3n) is 4.79. The molecule has 25 heavy (non-hydrogen) atoms. The minimum Gasteiger partial charge on any atom is -0.378 e. The molecule has 4 rings (SSSR count). The molecule has 1 aliphatic carbocycles. The van der Waals surface area contributed by atoms with E-state index in [2.05, 4.69) is 15.2 Å². The second kappa shape index (κ2) is 6.80. The summed E-state index contributed by atoms with van der Waals surface area (Å²) in [5.74, 6) is 0.232. The number of benzene rings is 1. The number of hydrogen-bond donors (Lipinski definition) is 1. The first-order chi connectivity index (χ1) is 12.2. The van der Waals surface area contributed by atoms with Crippen LogP contribution in [0.25, 0.3) is 0 Å². The van der Waals surface area contributed by atoms with Gasteiger partial charge in [-0.15, -0.1) is 0 Å². The van der Waals surface area contributed by atoms with Crippen LogP contribution in [0.5, 0.6) is 0 Å². The van der Waals surface area contributed by atoms with Crippen molar-refractivity contribution in [2.24, 2.45) is 5.92 Å². The van der Waals surface area contributed by atoms with Gasteiger partial charge in [0.25, 0.3) is 0 Å². The van der Waals surface area contributed by atoms with Crippen LogP contribution in [0.4, 0.5) is 15.9 Å². The highest BCUT2D eigenvalue weighted by atomic mass is 19.1. The number of hydrogen-bond acceptors (Lipinski definition) is 4. The van der Waals surface area contributed by atoms with E-state index in [0.29, 0.717) is 30.9 Å². The highest BCUT2D eigenvalue weighted by Crippen LogP contribution is 2.48. The van der Waals surface area contributed by atoms with Gasteiger partial charge in [0.1, 0.15) is 5.82 Å². The van der Waals surface area contributed by atoms with E-state index >= 15 is 0 Å². The molecule has 130 valence electrons. The van der Waals surface area contributed by atoms with Crippen molar-refractivity contribution in [2.45, 2.75) is 12.3 Å². The maximum atomic E-state index is 13.9. The minimum absolute atomic E-state index is 0.0373. The van der Waals surface area contributed by atoms with Gasteiger partial charge in [-0.3, -0.25) is 4.79 Å². The standard InChI is InChI=1S/C19H20FN3O2/c20-16-5-2-1-4-13(16)14-12-15(14)19(24)22-17-6-3-7-21-18(17)23-8-10-25-11-9-23/h1-7,14-15H,8-12H2,(H,22,24). The van der Waals surface area contributed by atoms with Crippen molar-refractivity contribution in [3.63, 3.8) is 0 Å². The van der Waals surface area contributed by atoms with Crippen molar-refractivity contribution in [1.82, 2.24) is 4.98 Å². The Bertz CT molecular complexity index is 777. The van der Waals surface area contributed by atoms with E-state index in [1.807, 2.05) is 12.1 Å². The summed E-state index contributed by atoms with van der Waals surface area (Å²) in [6, 6.07) is 10.3. The van der Waals surface area contributed by atoms with Crippen molar-refractivity contribution in [3.05, 3.63) is 54.0 Å². The van der Waals surface area contributed by atoms with E-state index in [1.165, 1.54) is 6.07 Å². The summed E-state index contributed by atoms with van der Waals surface area (Å²) in [6.45, 7) is 2.81. The molecular formula is C19H20FN3O2. The molecular weight excluding hydrogens is 321 g/mol. The van der Waals surface area contributed by atoms with Crippen LogP contribution in [-0.4, -0.2) is 37.2 Å². The van der Waals surface area contributed by atoms with Crippen LogP contribution in [0.1, 0.15) is 17.9 Å². The summed E-state index contributed by atoms with van der Waals surface area (Å²) in [5, 5.41) is 2.98. The number of aromatic nitrogens is 1. The Hall–Kier alpha value is -2.47. The normalized spacial score (nSPS) is 22.5. The molecule has 1 amide bonds. The lowest BCUT2D eigenvalue weighted by molar-refractivity contribution is -0.117. The van der Waals surface area contributed by atoms with Crippen molar-refractivity contribution in [1.29, 1.82) is 0 Å². The fourth-order valence-electron chi connectivity index (χ4n) is 3.35. The number of nitrogens with zero attached hydrogens (tertiary/aromatic N) is 2. The number of rotatable bonds is 4. The first kappa shape index (κ1) is 16.0. The molecule has 2 unspecified atom stereocenters. The number of anilines is 2. The van der Waals surface area contributed by atoms with Gasteiger partial charge < -0.3 is 15.0 Å². The largest absolute Gasteiger partial charge is 0.378 e. The number of amides is 1. The maximum Gasteiger partial charge on any atom is 0.228 e. The maximum absolute atomic E-state index is 13.9. The summed E-state index contributed by atoms with van der Waals surface area (Å²) in [7, 11) is 0. The average Bonchev–Trinajstić information content (AvgIpc) is 3.44. The molecule has 0 spiro atoms. The van der Waals surface area contributed by atoms with Gasteiger partial charge in [0.2, 0.25) is 5.91 Å². The SMILES string of the molecule is O=C(Nc1cccnc1N1CCOCC1)C1CC1c1ccccc1F. The predicted molar refractivity (Wildman–Crippen MR) is 93.1 cm³/mol. The molecule has 2 atom stereocenters. The second-order valence-corrected chi connectivity index (χ2v) is 6.43.